The maximum absolute atomic E-state index is 12.9. The molecular weight excluding hydrogens is 281 g/mol. The Bertz CT molecular complexity index is 650. The SMILES string of the molecule is CCC[C@@H]1c2cccn2CCN1C(=O)Nc1ccc(F)cc1. The summed E-state index contributed by atoms with van der Waals surface area (Å²) in [5, 5.41) is 2.86. The van der Waals surface area contributed by atoms with E-state index in [0.29, 0.717) is 12.2 Å². The van der Waals surface area contributed by atoms with Crippen molar-refractivity contribution < 1.29 is 9.18 Å². The van der Waals surface area contributed by atoms with Gasteiger partial charge in [0, 0.05) is 30.7 Å². The largest absolute Gasteiger partial charge is 0.348 e. The minimum absolute atomic E-state index is 0.0919. The topological polar surface area (TPSA) is 37.3 Å². The van der Waals surface area contributed by atoms with Gasteiger partial charge in [-0.25, -0.2) is 9.18 Å². The lowest BCUT2D eigenvalue weighted by Crippen LogP contribution is -2.44. The van der Waals surface area contributed by atoms with E-state index in [1.165, 1.54) is 17.8 Å². The van der Waals surface area contributed by atoms with Gasteiger partial charge in [0.1, 0.15) is 5.82 Å². The first-order valence-corrected chi connectivity index (χ1v) is 7.67. The zero-order chi connectivity index (χ0) is 15.5. The van der Waals surface area contributed by atoms with Crippen LogP contribution in [0.3, 0.4) is 0 Å². The second-order valence-corrected chi connectivity index (χ2v) is 5.56. The Morgan fingerprint density at radius 1 is 1.27 bits per heavy atom. The number of urea groups is 1. The number of amides is 2. The van der Waals surface area contributed by atoms with Crippen LogP contribution in [0.4, 0.5) is 14.9 Å². The van der Waals surface area contributed by atoms with Crippen LogP contribution in [0.2, 0.25) is 0 Å². The van der Waals surface area contributed by atoms with E-state index >= 15 is 0 Å². The molecule has 2 aromatic rings. The van der Waals surface area contributed by atoms with Gasteiger partial charge in [0.05, 0.1) is 6.04 Å². The molecule has 116 valence electrons. The molecule has 1 aliphatic heterocycles. The van der Waals surface area contributed by atoms with Gasteiger partial charge < -0.3 is 14.8 Å². The summed E-state index contributed by atoms with van der Waals surface area (Å²) in [5.41, 5.74) is 1.80. The summed E-state index contributed by atoms with van der Waals surface area (Å²) in [6, 6.07) is 9.92. The first-order valence-electron chi connectivity index (χ1n) is 7.67. The van der Waals surface area contributed by atoms with Gasteiger partial charge in [0.2, 0.25) is 0 Å². The molecule has 1 aromatic heterocycles. The highest BCUT2D eigenvalue weighted by Gasteiger charge is 2.30. The molecule has 4 nitrogen and oxygen atoms in total. The molecule has 0 unspecified atom stereocenters. The molecule has 3 rings (SSSR count). The van der Waals surface area contributed by atoms with E-state index in [1.807, 2.05) is 11.0 Å². The molecule has 0 spiro atoms. The van der Waals surface area contributed by atoms with Crippen molar-refractivity contribution in [1.82, 2.24) is 9.47 Å². The molecule has 1 aromatic carbocycles. The third-order valence-corrected chi connectivity index (χ3v) is 4.08. The maximum Gasteiger partial charge on any atom is 0.322 e. The number of benzene rings is 1. The molecule has 0 saturated heterocycles. The number of halogens is 1. The Labute approximate surface area is 129 Å². The van der Waals surface area contributed by atoms with Crippen molar-refractivity contribution in [3.63, 3.8) is 0 Å². The highest BCUT2D eigenvalue weighted by molar-refractivity contribution is 5.89. The molecule has 5 heteroatoms. The number of rotatable bonds is 3. The standard InChI is InChI=1S/C17H20FN3O/c1-2-4-16-15-5-3-10-20(15)11-12-21(16)17(22)19-14-8-6-13(18)7-9-14/h3,5-10,16H,2,4,11-12H2,1H3,(H,19,22)/t16-/m1/s1. The van der Waals surface area contributed by atoms with Crippen LogP contribution in [0.5, 0.6) is 0 Å². The molecule has 2 amide bonds. The first-order chi connectivity index (χ1) is 10.7. The van der Waals surface area contributed by atoms with Gasteiger partial charge in [-0.05, 0) is 42.8 Å². The Kier molecular flexibility index (Phi) is 4.13. The Morgan fingerprint density at radius 3 is 2.77 bits per heavy atom. The zero-order valence-electron chi connectivity index (χ0n) is 12.6. The van der Waals surface area contributed by atoms with Crippen molar-refractivity contribution in [2.24, 2.45) is 0 Å². The lowest BCUT2D eigenvalue weighted by Gasteiger charge is -2.37. The molecule has 0 bridgehead atoms. The van der Waals surface area contributed by atoms with Crippen LogP contribution in [0.15, 0.2) is 42.6 Å². The molecule has 2 heterocycles. The summed E-state index contributed by atoms with van der Waals surface area (Å²) in [7, 11) is 0. The summed E-state index contributed by atoms with van der Waals surface area (Å²) < 4.78 is 15.2. The van der Waals surface area contributed by atoms with E-state index in [4.69, 9.17) is 0 Å². The molecule has 1 atom stereocenters. The van der Waals surface area contributed by atoms with Gasteiger partial charge in [-0.1, -0.05) is 13.3 Å². The van der Waals surface area contributed by atoms with Crippen molar-refractivity contribution >= 4 is 11.7 Å². The number of fused-ring (bicyclic) bond motifs is 1. The van der Waals surface area contributed by atoms with Crippen LogP contribution in [0.25, 0.3) is 0 Å². The monoisotopic (exact) mass is 301 g/mol. The van der Waals surface area contributed by atoms with Gasteiger partial charge in [0.15, 0.2) is 0 Å². The summed E-state index contributed by atoms with van der Waals surface area (Å²) >= 11 is 0. The van der Waals surface area contributed by atoms with Gasteiger partial charge in [-0.2, -0.15) is 0 Å². The van der Waals surface area contributed by atoms with Crippen LogP contribution in [-0.4, -0.2) is 22.0 Å². The Balaban J connectivity index is 1.77. The van der Waals surface area contributed by atoms with Crippen molar-refractivity contribution in [1.29, 1.82) is 0 Å². The number of anilines is 1. The van der Waals surface area contributed by atoms with Crippen LogP contribution in [0, 0.1) is 5.82 Å². The fourth-order valence-corrected chi connectivity index (χ4v) is 3.01. The number of carbonyl (C=O) groups is 1. The molecule has 0 saturated carbocycles. The summed E-state index contributed by atoms with van der Waals surface area (Å²) in [4.78, 5) is 14.5. The first kappa shape index (κ1) is 14.6. The predicted octanol–water partition coefficient (Wildman–Crippen LogP) is 4.02. The average Bonchev–Trinajstić information content (AvgIpc) is 2.99. The van der Waals surface area contributed by atoms with Gasteiger partial charge in [-0.3, -0.25) is 0 Å². The Hall–Kier alpha value is -2.30. The maximum atomic E-state index is 12.9. The van der Waals surface area contributed by atoms with Crippen molar-refractivity contribution in [2.75, 3.05) is 11.9 Å². The van der Waals surface area contributed by atoms with Gasteiger partial charge >= 0.3 is 6.03 Å². The Morgan fingerprint density at radius 2 is 2.05 bits per heavy atom. The zero-order valence-corrected chi connectivity index (χ0v) is 12.6. The van der Waals surface area contributed by atoms with Crippen molar-refractivity contribution in [3.8, 4) is 0 Å². The molecule has 0 fully saturated rings. The summed E-state index contributed by atoms with van der Waals surface area (Å²) in [5.74, 6) is -0.308. The molecule has 1 N–H and O–H groups in total. The van der Waals surface area contributed by atoms with Gasteiger partial charge in [-0.15, -0.1) is 0 Å². The number of nitrogens with zero attached hydrogens (tertiary/aromatic N) is 2. The van der Waals surface area contributed by atoms with E-state index in [-0.39, 0.29) is 17.9 Å². The van der Waals surface area contributed by atoms with Crippen LogP contribution < -0.4 is 5.32 Å². The minimum Gasteiger partial charge on any atom is -0.348 e. The number of carbonyl (C=O) groups excluding carboxylic acids is 1. The molecular formula is C17H20FN3O. The lowest BCUT2D eigenvalue weighted by molar-refractivity contribution is 0.163. The lowest BCUT2D eigenvalue weighted by atomic mass is 10.0. The second-order valence-electron chi connectivity index (χ2n) is 5.56. The smallest absolute Gasteiger partial charge is 0.322 e. The number of hydrogen-bond donors (Lipinski definition) is 1. The van der Waals surface area contributed by atoms with E-state index in [9.17, 15) is 9.18 Å². The molecule has 1 aliphatic rings. The van der Waals surface area contributed by atoms with E-state index in [0.717, 1.165) is 19.4 Å². The molecule has 0 aliphatic carbocycles. The van der Waals surface area contributed by atoms with Gasteiger partial charge in [0.25, 0.3) is 0 Å². The quantitative estimate of drug-likeness (QED) is 0.913. The number of hydrogen-bond acceptors (Lipinski definition) is 1. The fourth-order valence-electron chi connectivity index (χ4n) is 3.01. The normalized spacial score (nSPS) is 17.2. The number of aromatic nitrogens is 1. The second kappa shape index (κ2) is 6.22. The highest BCUT2D eigenvalue weighted by Crippen LogP contribution is 2.30. The predicted molar refractivity (Wildman–Crippen MR) is 84.2 cm³/mol. The van der Waals surface area contributed by atoms with E-state index < -0.39 is 0 Å². The molecule has 22 heavy (non-hydrogen) atoms. The summed E-state index contributed by atoms with van der Waals surface area (Å²) in [6.45, 7) is 3.61. The third kappa shape index (κ3) is 2.84. The van der Waals surface area contributed by atoms with E-state index in [2.05, 4.69) is 29.1 Å². The van der Waals surface area contributed by atoms with Crippen LogP contribution >= 0.6 is 0 Å². The minimum atomic E-state index is -0.308. The van der Waals surface area contributed by atoms with Crippen LogP contribution in [-0.2, 0) is 6.54 Å². The fraction of sp³-hybridized carbons (Fsp3) is 0.353. The van der Waals surface area contributed by atoms with E-state index in [1.54, 1.807) is 12.1 Å². The average molecular weight is 301 g/mol. The third-order valence-electron chi connectivity index (χ3n) is 4.08. The molecule has 0 radical (unpaired) electrons. The van der Waals surface area contributed by atoms with Crippen LogP contribution in [0.1, 0.15) is 31.5 Å². The van der Waals surface area contributed by atoms with Crippen molar-refractivity contribution in [2.45, 2.75) is 32.4 Å². The summed E-state index contributed by atoms with van der Waals surface area (Å²) in [6.07, 6.45) is 4.00. The van der Waals surface area contributed by atoms with Crippen molar-refractivity contribution in [3.05, 3.63) is 54.1 Å². The number of nitrogens with one attached hydrogen (secondary N) is 1. The highest BCUT2D eigenvalue weighted by atomic mass is 19.1.